The topological polar surface area (TPSA) is 70.9 Å². The first-order valence-corrected chi connectivity index (χ1v) is 11.0. The maximum atomic E-state index is 13.0. The van der Waals surface area contributed by atoms with Gasteiger partial charge >= 0.3 is 0 Å². The fraction of sp³-hybridized carbons (Fsp3) is 0.381. The van der Waals surface area contributed by atoms with Crippen LogP contribution in [0.1, 0.15) is 27.0 Å². The van der Waals surface area contributed by atoms with Gasteiger partial charge in [-0.3, -0.25) is 9.52 Å². The van der Waals surface area contributed by atoms with Gasteiger partial charge in [-0.15, -0.1) is 0 Å². The number of hydrogen-bond acceptors (Lipinski definition) is 3. The quantitative estimate of drug-likeness (QED) is 0.812. The van der Waals surface area contributed by atoms with Crippen LogP contribution in [0.15, 0.2) is 41.3 Å². The minimum Gasteiger partial charge on any atom is -0.334 e. The van der Waals surface area contributed by atoms with E-state index >= 15 is 0 Å². The van der Waals surface area contributed by atoms with Gasteiger partial charge in [-0.2, -0.15) is 0 Å². The van der Waals surface area contributed by atoms with Gasteiger partial charge in [0.05, 0.1) is 38.1 Å². The number of anilines is 1. The van der Waals surface area contributed by atoms with Gasteiger partial charge < -0.3 is 9.80 Å². The highest BCUT2D eigenvalue weighted by Gasteiger charge is 2.25. The Morgan fingerprint density at radius 1 is 0.964 bits per heavy atom. The molecule has 2 aromatic carbocycles. The normalized spacial score (nSPS) is 15.5. The van der Waals surface area contributed by atoms with Crippen LogP contribution in [-0.4, -0.2) is 52.5 Å². The van der Waals surface area contributed by atoms with E-state index in [4.69, 9.17) is 0 Å². The number of hydrogen-bond donors (Lipinski definition) is 2. The minimum absolute atomic E-state index is 0.116. The summed E-state index contributed by atoms with van der Waals surface area (Å²) in [6, 6.07) is 10.3. The molecule has 1 saturated heterocycles. The molecular weight excluding hydrogens is 374 g/mol. The van der Waals surface area contributed by atoms with E-state index in [9.17, 15) is 13.2 Å². The van der Waals surface area contributed by atoms with E-state index in [2.05, 4.69) is 11.8 Å². The Morgan fingerprint density at radius 3 is 2.25 bits per heavy atom. The van der Waals surface area contributed by atoms with Gasteiger partial charge in [0, 0.05) is 11.3 Å². The molecule has 0 saturated carbocycles. The van der Waals surface area contributed by atoms with Crippen LogP contribution in [0.25, 0.3) is 0 Å². The molecule has 1 fully saturated rings. The fourth-order valence-corrected chi connectivity index (χ4v) is 4.63. The number of rotatable bonds is 4. The number of likely N-dealkylation sites (N-methyl/N-ethyl adjacent to an activating group) is 1. The van der Waals surface area contributed by atoms with Gasteiger partial charge in [0.1, 0.15) is 0 Å². The summed E-state index contributed by atoms with van der Waals surface area (Å²) in [5, 5.41) is 0. The maximum absolute atomic E-state index is 13.0. The van der Waals surface area contributed by atoms with Crippen molar-refractivity contribution in [3.8, 4) is 0 Å². The minimum atomic E-state index is -3.79. The van der Waals surface area contributed by atoms with Crippen molar-refractivity contribution < 1.29 is 18.1 Å². The standard InChI is InChI=1S/C21H27N3O3S/c1-15-6-8-19(13-17(15)3)22-28(26,27)20-14-18(7-5-16(20)2)21(25)24-11-9-23(4)10-12-24/h5-8,13-14,22H,9-12H2,1-4H3/p+1. The average molecular weight is 403 g/mol. The van der Waals surface area contributed by atoms with Gasteiger partial charge in [-0.25, -0.2) is 8.42 Å². The molecule has 1 aliphatic heterocycles. The van der Waals surface area contributed by atoms with Crippen molar-refractivity contribution in [2.75, 3.05) is 37.9 Å². The summed E-state index contributed by atoms with van der Waals surface area (Å²) in [6.45, 7) is 8.82. The van der Waals surface area contributed by atoms with Crippen molar-refractivity contribution >= 4 is 21.6 Å². The van der Waals surface area contributed by atoms with Gasteiger partial charge in [-0.05, 0) is 61.7 Å². The van der Waals surface area contributed by atoms with Crippen molar-refractivity contribution in [2.24, 2.45) is 0 Å². The monoisotopic (exact) mass is 402 g/mol. The molecule has 0 spiro atoms. The molecule has 0 aromatic heterocycles. The molecule has 0 aliphatic carbocycles. The lowest BCUT2D eigenvalue weighted by atomic mass is 10.1. The molecule has 0 atom stereocenters. The summed E-state index contributed by atoms with van der Waals surface area (Å²) in [7, 11) is -1.69. The second-order valence-electron chi connectivity index (χ2n) is 7.63. The van der Waals surface area contributed by atoms with E-state index in [-0.39, 0.29) is 10.8 Å². The first-order chi connectivity index (χ1) is 13.2. The first kappa shape index (κ1) is 20.4. The zero-order valence-corrected chi connectivity index (χ0v) is 17.7. The van der Waals surface area contributed by atoms with Crippen molar-refractivity contribution in [3.05, 3.63) is 58.7 Å². The molecule has 0 bridgehead atoms. The lowest BCUT2D eigenvalue weighted by molar-refractivity contribution is -0.883. The Kier molecular flexibility index (Phi) is 5.76. The van der Waals surface area contributed by atoms with Crippen LogP contribution < -0.4 is 9.62 Å². The van der Waals surface area contributed by atoms with Crippen molar-refractivity contribution in [2.45, 2.75) is 25.7 Å². The third-order valence-electron chi connectivity index (χ3n) is 5.39. The van der Waals surface area contributed by atoms with Gasteiger partial charge in [0.2, 0.25) is 0 Å². The molecule has 1 aliphatic rings. The molecule has 1 heterocycles. The van der Waals surface area contributed by atoms with Crippen molar-refractivity contribution in [1.29, 1.82) is 0 Å². The van der Waals surface area contributed by atoms with E-state index in [1.807, 2.05) is 26.0 Å². The summed E-state index contributed by atoms with van der Waals surface area (Å²) in [6.07, 6.45) is 0. The number of amides is 1. The zero-order valence-electron chi connectivity index (χ0n) is 16.9. The van der Waals surface area contributed by atoms with Crippen LogP contribution in [0.3, 0.4) is 0 Å². The number of nitrogens with zero attached hydrogens (tertiary/aromatic N) is 1. The Balaban J connectivity index is 1.87. The summed E-state index contributed by atoms with van der Waals surface area (Å²) in [4.78, 5) is 16.2. The second kappa shape index (κ2) is 7.93. The second-order valence-corrected chi connectivity index (χ2v) is 9.28. The lowest BCUT2D eigenvalue weighted by Crippen LogP contribution is -3.12. The Hall–Kier alpha value is -2.38. The predicted molar refractivity (Wildman–Crippen MR) is 110 cm³/mol. The molecule has 0 unspecified atom stereocenters. The van der Waals surface area contributed by atoms with E-state index in [1.165, 1.54) is 11.0 Å². The molecule has 150 valence electrons. The first-order valence-electron chi connectivity index (χ1n) is 9.48. The highest BCUT2D eigenvalue weighted by atomic mass is 32.2. The molecule has 1 amide bonds. The summed E-state index contributed by atoms with van der Waals surface area (Å²) in [5.74, 6) is -0.116. The molecule has 6 nitrogen and oxygen atoms in total. The molecule has 7 heteroatoms. The maximum Gasteiger partial charge on any atom is 0.262 e. The molecule has 0 radical (unpaired) electrons. The van der Waals surface area contributed by atoms with Gasteiger partial charge in [0.25, 0.3) is 15.9 Å². The average Bonchev–Trinajstić information content (AvgIpc) is 2.65. The number of carbonyl (C=O) groups excluding carboxylic acids is 1. The van der Waals surface area contributed by atoms with Crippen molar-refractivity contribution in [1.82, 2.24) is 4.90 Å². The Bertz CT molecular complexity index is 994. The number of sulfonamides is 1. The number of carbonyl (C=O) groups is 1. The predicted octanol–water partition coefficient (Wildman–Crippen LogP) is 1.38. The summed E-state index contributed by atoms with van der Waals surface area (Å²) < 4.78 is 28.6. The highest BCUT2D eigenvalue weighted by molar-refractivity contribution is 7.92. The fourth-order valence-electron chi connectivity index (χ4n) is 3.31. The van der Waals surface area contributed by atoms with E-state index < -0.39 is 10.0 Å². The van der Waals surface area contributed by atoms with Crippen LogP contribution >= 0.6 is 0 Å². The molecule has 2 aromatic rings. The number of nitrogens with one attached hydrogen (secondary N) is 2. The molecule has 3 rings (SSSR count). The van der Waals surface area contributed by atoms with Crippen LogP contribution in [0.4, 0.5) is 5.69 Å². The number of quaternary nitrogens is 1. The third kappa shape index (κ3) is 4.36. The molecule has 2 N–H and O–H groups in total. The Labute approximate surface area is 167 Å². The van der Waals surface area contributed by atoms with Crippen LogP contribution in [0, 0.1) is 20.8 Å². The van der Waals surface area contributed by atoms with E-state index in [1.54, 1.807) is 30.0 Å². The van der Waals surface area contributed by atoms with E-state index in [0.717, 1.165) is 24.2 Å². The van der Waals surface area contributed by atoms with Crippen molar-refractivity contribution in [3.63, 3.8) is 0 Å². The molecular formula is C21H28N3O3S+. The van der Waals surface area contributed by atoms with Gasteiger partial charge in [0.15, 0.2) is 0 Å². The molecule has 28 heavy (non-hydrogen) atoms. The largest absolute Gasteiger partial charge is 0.334 e. The number of aryl methyl sites for hydroxylation is 3. The van der Waals surface area contributed by atoms with Crippen LogP contribution in [-0.2, 0) is 10.0 Å². The highest BCUT2D eigenvalue weighted by Crippen LogP contribution is 2.23. The lowest BCUT2D eigenvalue weighted by Gasteiger charge is -2.30. The SMILES string of the molecule is Cc1ccc(NS(=O)(=O)c2cc(C(=O)N3CC[NH+](C)CC3)ccc2C)cc1C. The van der Waals surface area contributed by atoms with E-state index in [0.29, 0.717) is 29.9 Å². The summed E-state index contributed by atoms with van der Waals surface area (Å²) in [5.41, 5.74) is 3.64. The third-order valence-corrected chi connectivity index (χ3v) is 6.91. The van der Waals surface area contributed by atoms with Crippen LogP contribution in [0.5, 0.6) is 0 Å². The van der Waals surface area contributed by atoms with Crippen LogP contribution in [0.2, 0.25) is 0 Å². The number of piperazine rings is 1. The van der Waals surface area contributed by atoms with Gasteiger partial charge in [-0.1, -0.05) is 12.1 Å². The smallest absolute Gasteiger partial charge is 0.262 e. The summed E-state index contributed by atoms with van der Waals surface area (Å²) >= 11 is 0. The number of benzene rings is 2. The zero-order chi connectivity index (χ0) is 20.5. The Morgan fingerprint density at radius 2 is 1.61 bits per heavy atom.